The van der Waals surface area contributed by atoms with Crippen molar-refractivity contribution in [3.63, 3.8) is 0 Å². The molecule has 0 amide bonds. The lowest BCUT2D eigenvalue weighted by Gasteiger charge is -2.22. The summed E-state index contributed by atoms with van der Waals surface area (Å²) in [6, 6.07) is 0.663. The summed E-state index contributed by atoms with van der Waals surface area (Å²) < 4.78 is 0. The van der Waals surface area contributed by atoms with Gasteiger partial charge in [0.05, 0.1) is 6.20 Å². The fourth-order valence-corrected chi connectivity index (χ4v) is 2.94. The molecule has 14 heavy (non-hydrogen) atoms. The van der Waals surface area contributed by atoms with E-state index < -0.39 is 0 Å². The summed E-state index contributed by atoms with van der Waals surface area (Å²) in [5.41, 5.74) is 5.70. The number of nitrogen functional groups attached to an aromatic ring is 1. The molecule has 2 N–H and O–H groups in total. The van der Waals surface area contributed by atoms with Gasteiger partial charge in [0.1, 0.15) is 5.00 Å². The van der Waals surface area contributed by atoms with E-state index in [0.717, 1.165) is 22.6 Å². The minimum absolute atomic E-state index is 0.663. The topological polar surface area (TPSA) is 42.2 Å². The van der Waals surface area contributed by atoms with Gasteiger partial charge in [0.2, 0.25) is 0 Å². The number of hydrogen-bond acceptors (Lipinski definition) is 4. The summed E-state index contributed by atoms with van der Waals surface area (Å²) in [4.78, 5) is 6.76. The van der Waals surface area contributed by atoms with Crippen LogP contribution >= 0.6 is 11.3 Å². The van der Waals surface area contributed by atoms with Gasteiger partial charge in [0.15, 0.2) is 5.13 Å². The van der Waals surface area contributed by atoms with E-state index >= 15 is 0 Å². The average Bonchev–Trinajstić information content (AvgIpc) is 2.71. The number of hydrogen-bond donors (Lipinski definition) is 1. The SMILES string of the molecule is CCC1CC(C)CN1c1ncc(N)s1. The van der Waals surface area contributed by atoms with Crippen LogP contribution in [0.3, 0.4) is 0 Å². The highest BCUT2D eigenvalue weighted by atomic mass is 32.1. The second-order valence-corrected chi connectivity index (χ2v) is 5.14. The Morgan fingerprint density at radius 1 is 1.71 bits per heavy atom. The van der Waals surface area contributed by atoms with Crippen LogP contribution in [0, 0.1) is 5.92 Å². The maximum atomic E-state index is 5.70. The Labute approximate surface area is 88.9 Å². The van der Waals surface area contributed by atoms with Gasteiger partial charge in [-0.3, -0.25) is 0 Å². The van der Waals surface area contributed by atoms with E-state index in [2.05, 4.69) is 23.7 Å². The predicted octanol–water partition coefficient (Wildman–Crippen LogP) is 2.35. The molecule has 78 valence electrons. The van der Waals surface area contributed by atoms with Gasteiger partial charge in [-0.05, 0) is 18.8 Å². The van der Waals surface area contributed by atoms with Crippen molar-refractivity contribution in [1.29, 1.82) is 0 Å². The van der Waals surface area contributed by atoms with E-state index in [1.807, 2.05) is 0 Å². The van der Waals surface area contributed by atoms with Gasteiger partial charge in [0.25, 0.3) is 0 Å². The van der Waals surface area contributed by atoms with Gasteiger partial charge in [-0.15, -0.1) is 0 Å². The summed E-state index contributed by atoms with van der Waals surface area (Å²) in [6.07, 6.45) is 4.25. The highest BCUT2D eigenvalue weighted by molar-refractivity contribution is 7.19. The Hall–Kier alpha value is -0.770. The van der Waals surface area contributed by atoms with Crippen LogP contribution in [-0.2, 0) is 0 Å². The van der Waals surface area contributed by atoms with Gasteiger partial charge in [-0.1, -0.05) is 25.2 Å². The van der Waals surface area contributed by atoms with Gasteiger partial charge < -0.3 is 10.6 Å². The van der Waals surface area contributed by atoms with Crippen molar-refractivity contribution >= 4 is 21.5 Å². The van der Waals surface area contributed by atoms with Crippen molar-refractivity contribution in [2.24, 2.45) is 5.92 Å². The summed E-state index contributed by atoms with van der Waals surface area (Å²) >= 11 is 1.60. The Morgan fingerprint density at radius 2 is 2.50 bits per heavy atom. The fourth-order valence-electron chi connectivity index (χ4n) is 2.18. The van der Waals surface area contributed by atoms with Crippen molar-refractivity contribution in [2.45, 2.75) is 32.7 Å². The Balaban J connectivity index is 2.17. The quantitative estimate of drug-likeness (QED) is 0.816. The molecule has 2 rings (SSSR count). The molecule has 0 spiro atoms. The minimum Gasteiger partial charge on any atom is -0.389 e. The van der Waals surface area contributed by atoms with Crippen molar-refractivity contribution < 1.29 is 0 Å². The monoisotopic (exact) mass is 211 g/mol. The lowest BCUT2D eigenvalue weighted by atomic mass is 10.1. The molecule has 1 aliphatic heterocycles. The van der Waals surface area contributed by atoms with E-state index in [4.69, 9.17) is 5.73 Å². The standard InChI is InChI=1S/C10H17N3S/c1-3-8-4-7(2)6-13(8)10-12-5-9(11)14-10/h5,7-8H,3-4,6,11H2,1-2H3. The van der Waals surface area contributed by atoms with Gasteiger partial charge in [0, 0.05) is 12.6 Å². The van der Waals surface area contributed by atoms with E-state index in [1.54, 1.807) is 17.5 Å². The zero-order valence-corrected chi connectivity index (χ0v) is 9.55. The maximum Gasteiger partial charge on any atom is 0.187 e. The lowest BCUT2D eigenvalue weighted by molar-refractivity contribution is 0.587. The molecule has 3 nitrogen and oxygen atoms in total. The third-order valence-electron chi connectivity index (χ3n) is 2.85. The molecule has 1 aromatic heterocycles. The molecule has 0 aromatic carbocycles. The van der Waals surface area contributed by atoms with Gasteiger partial charge in [-0.2, -0.15) is 0 Å². The average molecular weight is 211 g/mol. The summed E-state index contributed by atoms with van der Waals surface area (Å²) in [6.45, 7) is 5.68. The zero-order valence-electron chi connectivity index (χ0n) is 8.73. The van der Waals surface area contributed by atoms with Crippen LogP contribution in [0.15, 0.2) is 6.20 Å². The molecule has 0 radical (unpaired) electrons. The number of rotatable bonds is 2. The van der Waals surface area contributed by atoms with Crippen molar-refractivity contribution in [3.8, 4) is 0 Å². The number of nitrogens with two attached hydrogens (primary N) is 1. The molecular formula is C10H17N3S. The maximum absolute atomic E-state index is 5.70. The van der Waals surface area contributed by atoms with Crippen LogP contribution < -0.4 is 10.6 Å². The number of nitrogens with zero attached hydrogens (tertiary/aromatic N) is 2. The first-order chi connectivity index (χ1) is 6.70. The molecule has 2 unspecified atom stereocenters. The van der Waals surface area contributed by atoms with Crippen LogP contribution in [-0.4, -0.2) is 17.6 Å². The molecule has 2 atom stereocenters. The molecule has 1 aliphatic rings. The molecule has 1 aromatic rings. The predicted molar refractivity (Wildman–Crippen MR) is 61.7 cm³/mol. The Morgan fingerprint density at radius 3 is 3.07 bits per heavy atom. The molecule has 2 heterocycles. The third-order valence-corrected chi connectivity index (χ3v) is 3.72. The second kappa shape index (κ2) is 3.77. The van der Waals surface area contributed by atoms with Crippen molar-refractivity contribution in [2.75, 3.05) is 17.2 Å². The molecular weight excluding hydrogens is 194 g/mol. The van der Waals surface area contributed by atoms with E-state index in [1.165, 1.54) is 12.8 Å². The normalized spacial score (nSPS) is 27.1. The highest BCUT2D eigenvalue weighted by Gasteiger charge is 2.29. The van der Waals surface area contributed by atoms with Crippen LogP contribution in [0.2, 0.25) is 0 Å². The smallest absolute Gasteiger partial charge is 0.187 e. The van der Waals surface area contributed by atoms with Gasteiger partial charge in [-0.25, -0.2) is 4.98 Å². The van der Waals surface area contributed by atoms with Crippen LogP contribution in [0.4, 0.5) is 10.1 Å². The summed E-state index contributed by atoms with van der Waals surface area (Å²) in [5.74, 6) is 0.782. The molecule has 4 heteroatoms. The molecule has 0 bridgehead atoms. The van der Waals surface area contributed by atoms with Crippen LogP contribution in [0.5, 0.6) is 0 Å². The third kappa shape index (κ3) is 1.71. The molecule has 0 aliphatic carbocycles. The fraction of sp³-hybridized carbons (Fsp3) is 0.700. The first-order valence-electron chi connectivity index (χ1n) is 5.18. The second-order valence-electron chi connectivity index (χ2n) is 4.10. The highest BCUT2D eigenvalue weighted by Crippen LogP contribution is 2.33. The summed E-state index contributed by atoms with van der Waals surface area (Å²) in [7, 11) is 0. The van der Waals surface area contributed by atoms with E-state index in [-0.39, 0.29) is 0 Å². The minimum atomic E-state index is 0.663. The van der Waals surface area contributed by atoms with Gasteiger partial charge >= 0.3 is 0 Å². The van der Waals surface area contributed by atoms with E-state index in [0.29, 0.717) is 6.04 Å². The van der Waals surface area contributed by atoms with E-state index in [9.17, 15) is 0 Å². The van der Waals surface area contributed by atoms with Crippen LogP contribution in [0.25, 0.3) is 0 Å². The molecule has 0 saturated carbocycles. The number of aromatic nitrogens is 1. The Bertz CT molecular complexity index is 310. The number of anilines is 2. The largest absolute Gasteiger partial charge is 0.389 e. The Kier molecular flexibility index (Phi) is 2.63. The molecule has 1 saturated heterocycles. The number of thiazole rings is 1. The summed E-state index contributed by atoms with van der Waals surface area (Å²) in [5, 5.41) is 1.91. The zero-order chi connectivity index (χ0) is 10.1. The first kappa shape index (κ1) is 9.77. The lowest BCUT2D eigenvalue weighted by Crippen LogP contribution is -2.28. The van der Waals surface area contributed by atoms with Crippen molar-refractivity contribution in [3.05, 3.63) is 6.20 Å². The first-order valence-corrected chi connectivity index (χ1v) is 6.00. The molecule has 1 fully saturated rings. The van der Waals surface area contributed by atoms with Crippen molar-refractivity contribution in [1.82, 2.24) is 4.98 Å². The van der Waals surface area contributed by atoms with Crippen LogP contribution in [0.1, 0.15) is 26.7 Å².